The van der Waals surface area contributed by atoms with Gasteiger partial charge in [-0.3, -0.25) is 9.48 Å². The Kier molecular flexibility index (Phi) is 5.05. The minimum Gasteiger partial charge on any atom is -0.380 e. The van der Waals surface area contributed by atoms with Crippen LogP contribution in [-0.4, -0.2) is 58.0 Å². The minimum atomic E-state index is -0.0506. The van der Waals surface area contributed by atoms with E-state index in [0.29, 0.717) is 6.54 Å². The van der Waals surface area contributed by atoms with Crippen LogP contribution in [0.2, 0.25) is 0 Å². The van der Waals surface area contributed by atoms with Crippen LogP contribution in [0.25, 0.3) is 0 Å². The van der Waals surface area contributed by atoms with Gasteiger partial charge in [0.2, 0.25) is 5.91 Å². The highest BCUT2D eigenvalue weighted by Gasteiger charge is 2.33. The topological polar surface area (TPSA) is 85.2 Å². The summed E-state index contributed by atoms with van der Waals surface area (Å²) in [6, 6.07) is 3.90. The molecule has 128 valence electrons. The predicted molar refractivity (Wildman–Crippen MR) is 88.6 cm³/mol. The van der Waals surface area contributed by atoms with Gasteiger partial charge in [0.25, 0.3) is 0 Å². The minimum absolute atomic E-state index is 0.0506. The van der Waals surface area contributed by atoms with Crippen molar-refractivity contribution >= 4 is 11.7 Å². The molecular formula is C16H22N6O2. The van der Waals surface area contributed by atoms with E-state index >= 15 is 0 Å². The van der Waals surface area contributed by atoms with Gasteiger partial charge in [-0.1, -0.05) is 0 Å². The number of hydrogen-bond acceptors (Lipinski definition) is 6. The number of hydrogen-bond donors (Lipinski definition) is 1. The van der Waals surface area contributed by atoms with Gasteiger partial charge in [0, 0.05) is 38.3 Å². The molecule has 1 saturated heterocycles. The fourth-order valence-electron chi connectivity index (χ4n) is 2.96. The van der Waals surface area contributed by atoms with Crippen molar-refractivity contribution in [1.29, 1.82) is 0 Å². The Hall–Kier alpha value is -2.48. The molecule has 0 aliphatic carbocycles. The molecule has 1 aliphatic rings. The summed E-state index contributed by atoms with van der Waals surface area (Å²) < 4.78 is 7.17. The van der Waals surface area contributed by atoms with Crippen LogP contribution in [0.4, 0.5) is 5.82 Å². The lowest BCUT2D eigenvalue weighted by Gasteiger charge is -2.25. The highest BCUT2D eigenvalue weighted by molar-refractivity contribution is 5.75. The van der Waals surface area contributed by atoms with E-state index in [1.807, 2.05) is 19.1 Å². The van der Waals surface area contributed by atoms with Gasteiger partial charge in [-0.25, -0.2) is 9.97 Å². The first-order valence-electron chi connectivity index (χ1n) is 7.98. The van der Waals surface area contributed by atoms with Crippen molar-refractivity contribution < 1.29 is 9.53 Å². The standard InChI is InChI=1S/C16H22N6O2/c1-12-3-6-20-22(12)10-16(23)18-8-13-7-14(24-2)9-21(13)15-4-5-17-11-19-15/h3-6,11,13-14H,7-10H2,1-2H3,(H,18,23)/t13-,14-/m1/s1. The van der Waals surface area contributed by atoms with Crippen LogP contribution >= 0.6 is 0 Å². The van der Waals surface area contributed by atoms with Crippen LogP contribution < -0.4 is 10.2 Å². The number of ether oxygens (including phenoxy) is 1. The molecule has 0 bridgehead atoms. The molecule has 8 heteroatoms. The monoisotopic (exact) mass is 330 g/mol. The van der Waals surface area contributed by atoms with E-state index in [1.165, 1.54) is 6.33 Å². The van der Waals surface area contributed by atoms with E-state index in [4.69, 9.17) is 4.74 Å². The summed E-state index contributed by atoms with van der Waals surface area (Å²) in [5.74, 6) is 0.803. The van der Waals surface area contributed by atoms with Gasteiger partial charge < -0.3 is 15.0 Å². The van der Waals surface area contributed by atoms with Crippen molar-refractivity contribution in [2.45, 2.75) is 32.0 Å². The first-order chi connectivity index (χ1) is 11.7. The zero-order valence-corrected chi connectivity index (χ0v) is 13.9. The zero-order chi connectivity index (χ0) is 16.9. The van der Waals surface area contributed by atoms with E-state index in [0.717, 1.165) is 24.5 Å². The third-order valence-electron chi connectivity index (χ3n) is 4.33. The first kappa shape index (κ1) is 16.4. The summed E-state index contributed by atoms with van der Waals surface area (Å²) in [5, 5.41) is 7.13. The van der Waals surface area contributed by atoms with Gasteiger partial charge in [0.05, 0.1) is 12.1 Å². The van der Waals surface area contributed by atoms with Crippen molar-refractivity contribution in [2.75, 3.05) is 25.1 Å². The van der Waals surface area contributed by atoms with Gasteiger partial charge in [0.1, 0.15) is 18.7 Å². The lowest BCUT2D eigenvalue weighted by Crippen LogP contribution is -2.41. The van der Waals surface area contributed by atoms with Gasteiger partial charge in [-0.2, -0.15) is 5.10 Å². The molecule has 1 amide bonds. The number of carbonyl (C=O) groups is 1. The quantitative estimate of drug-likeness (QED) is 0.825. The fourth-order valence-corrected chi connectivity index (χ4v) is 2.96. The number of amides is 1. The second kappa shape index (κ2) is 7.39. The lowest BCUT2D eigenvalue weighted by atomic mass is 10.2. The number of anilines is 1. The number of aryl methyl sites for hydroxylation is 1. The Balaban J connectivity index is 1.60. The van der Waals surface area contributed by atoms with Crippen molar-refractivity contribution in [3.8, 4) is 0 Å². The predicted octanol–water partition coefficient (Wildman–Crippen LogP) is 0.392. The Morgan fingerprint density at radius 1 is 1.42 bits per heavy atom. The van der Waals surface area contributed by atoms with Crippen molar-refractivity contribution in [1.82, 2.24) is 25.1 Å². The molecule has 2 atom stereocenters. The first-order valence-corrected chi connectivity index (χ1v) is 7.98. The number of rotatable bonds is 6. The van der Waals surface area contributed by atoms with E-state index in [1.54, 1.807) is 24.2 Å². The number of methoxy groups -OCH3 is 1. The smallest absolute Gasteiger partial charge is 0.241 e. The maximum Gasteiger partial charge on any atom is 0.241 e. The summed E-state index contributed by atoms with van der Waals surface area (Å²) >= 11 is 0. The van der Waals surface area contributed by atoms with Crippen LogP contribution in [0.1, 0.15) is 12.1 Å². The summed E-state index contributed by atoms with van der Waals surface area (Å²) in [4.78, 5) is 22.6. The molecule has 1 aliphatic heterocycles. The third-order valence-corrected chi connectivity index (χ3v) is 4.33. The summed E-state index contributed by atoms with van der Waals surface area (Å²) in [6.07, 6.45) is 5.93. The van der Waals surface area contributed by atoms with Crippen LogP contribution in [0.5, 0.6) is 0 Å². The second-order valence-corrected chi connectivity index (χ2v) is 5.90. The van der Waals surface area contributed by atoms with E-state index in [-0.39, 0.29) is 24.6 Å². The van der Waals surface area contributed by atoms with Crippen molar-refractivity contribution in [3.05, 3.63) is 36.5 Å². The Morgan fingerprint density at radius 3 is 2.96 bits per heavy atom. The second-order valence-electron chi connectivity index (χ2n) is 5.90. The van der Waals surface area contributed by atoms with Crippen LogP contribution in [0.3, 0.4) is 0 Å². The van der Waals surface area contributed by atoms with E-state index in [2.05, 4.69) is 25.3 Å². The van der Waals surface area contributed by atoms with Gasteiger partial charge >= 0.3 is 0 Å². The van der Waals surface area contributed by atoms with Gasteiger partial charge in [-0.15, -0.1) is 0 Å². The van der Waals surface area contributed by atoms with Gasteiger partial charge in [-0.05, 0) is 25.5 Å². The molecule has 2 aromatic heterocycles. The molecule has 0 aromatic carbocycles. The molecule has 3 heterocycles. The molecule has 0 saturated carbocycles. The molecule has 3 rings (SSSR count). The maximum absolute atomic E-state index is 12.2. The average molecular weight is 330 g/mol. The number of nitrogens with zero attached hydrogens (tertiary/aromatic N) is 5. The third kappa shape index (κ3) is 3.70. The summed E-state index contributed by atoms with van der Waals surface area (Å²) in [7, 11) is 1.71. The van der Waals surface area contributed by atoms with E-state index < -0.39 is 0 Å². The molecule has 0 spiro atoms. The highest BCUT2D eigenvalue weighted by atomic mass is 16.5. The molecule has 0 radical (unpaired) electrons. The van der Waals surface area contributed by atoms with E-state index in [9.17, 15) is 4.79 Å². The molecule has 24 heavy (non-hydrogen) atoms. The molecule has 8 nitrogen and oxygen atoms in total. The molecule has 1 fully saturated rings. The SMILES string of the molecule is CO[C@@H]1C[C@H](CNC(=O)Cn2nccc2C)N(c2ccncn2)C1. The lowest BCUT2D eigenvalue weighted by molar-refractivity contribution is -0.121. The molecule has 2 aromatic rings. The molecular weight excluding hydrogens is 308 g/mol. The molecule has 0 unspecified atom stereocenters. The average Bonchev–Trinajstić information content (AvgIpc) is 3.20. The number of carbonyl (C=O) groups excluding carboxylic acids is 1. The van der Waals surface area contributed by atoms with Crippen LogP contribution in [0.15, 0.2) is 30.9 Å². The zero-order valence-electron chi connectivity index (χ0n) is 13.9. The Labute approximate surface area is 140 Å². The van der Waals surface area contributed by atoms with Gasteiger partial charge in [0.15, 0.2) is 0 Å². The fraction of sp³-hybridized carbons (Fsp3) is 0.500. The van der Waals surface area contributed by atoms with Crippen LogP contribution in [-0.2, 0) is 16.1 Å². The summed E-state index contributed by atoms with van der Waals surface area (Å²) in [6.45, 7) is 3.46. The number of aromatic nitrogens is 4. The Bertz CT molecular complexity index is 674. The maximum atomic E-state index is 12.2. The van der Waals surface area contributed by atoms with Crippen LogP contribution in [0, 0.1) is 6.92 Å². The Morgan fingerprint density at radius 2 is 2.29 bits per heavy atom. The van der Waals surface area contributed by atoms with Crippen molar-refractivity contribution in [3.63, 3.8) is 0 Å². The normalized spacial score (nSPS) is 20.3. The van der Waals surface area contributed by atoms with Crippen molar-refractivity contribution in [2.24, 2.45) is 0 Å². The summed E-state index contributed by atoms with van der Waals surface area (Å²) in [5.41, 5.74) is 0.966. The largest absolute Gasteiger partial charge is 0.380 e. The highest BCUT2D eigenvalue weighted by Crippen LogP contribution is 2.24. The molecule has 1 N–H and O–H groups in total. The number of nitrogens with one attached hydrogen (secondary N) is 1.